The van der Waals surface area contributed by atoms with E-state index in [-0.39, 0.29) is 0 Å². The van der Waals surface area contributed by atoms with Crippen LogP contribution in [0.2, 0.25) is 0 Å². The summed E-state index contributed by atoms with van der Waals surface area (Å²) in [4.78, 5) is 12.3. The van der Waals surface area contributed by atoms with Crippen molar-refractivity contribution < 1.29 is 9.53 Å². The molecule has 0 aromatic carbocycles. The van der Waals surface area contributed by atoms with Crippen LogP contribution in [0.15, 0.2) is 11.6 Å². The van der Waals surface area contributed by atoms with Crippen molar-refractivity contribution in [3.63, 3.8) is 0 Å². The Morgan fingerprint density at radius 1 is 1.40 bits per heavy atom. The number of carbonyl (C=O) groups is 1. The molecule has 0 fully saturated rings. The average molecular weight is 293 g/mol. The van der Waals surface area contributed by atoms with E-state index in [1.54, 1.807) is 4.68 Å². The van der Waals surface area contributed by atoms with Crippen LogP contribution >= 0.6 is 11.3 Å². The summed E-state index contributed by atoms with van der Waals surface area (Å²) in [6, 6.07) is 0. The number of aryl methyl sites for hydroxylation is 2. The van der Waals surface area contributed by atoms with Gasteiger partial charge < -0.3 is 10.5 Å². The lowest BCUT2D eigenvalue weighted by molar-refractivity contribution is 0.00722. The number of hydrogen-bond donors (Lipinski definition) is 1. The third kappa shape index (κ3) is 2.85. The summed E-state index contributed by atoms with van der Waals surface area (Å²) in [6.45, 7) is 7.41. The summed E-state index contributed by atoms with van der Waals surface area (Å²) in [5, 5.41) is 6.64. The van der Waals surface area contributed by atoms with E-state index in [4.69, 9.17) is 10.5 Å². The van der Waals surface area contributed by atoms with Gasteiger partial charge in [-0.05, 0) is 27.7 Å². The summed E-state index contributed by atoms with van der Waals surface area (Å²) in [7, 11) is 1.85. The first-order chi connectivity index (χ1) is 9.19. The van der Waals surface area contributed by atoms with Gasteiger partial charge in [0.1, 0.15) is 16.2 Å². The highest BCUT2D eigenvalue weighted by molar-refractivity contribution is 7.15. The molecule has 5 nitrogen and oxygen atoms in total. The van der Waals surface area contributed by atoms with Crippen LogP contribution < -0.4 is 5.73 Å². The van der Waals surface area contributed by atoms with Gasteiger partial charge in [-0.3, -0.25) is 4.68 Å². The number of anilines is 1. The first kappa shape index (κ1) is 14.6. The number of ether oxygens (including phenoxy) is 1. The normalized spacial score (nSPS) is 11.7. The Kier molecular flexibility index (Phi) is 3.60. The predicted octanol–water partition coefficient (Wildman–Crippen LogP) is 2.99. The summed E-state index contributed by atoms with van der Waals surface area (Å²) in [5.74, 6) is -0.394. The predicted molar refractivity (Wildman–Crippen MR) is 80.8 cm³/mol. The van der Waals surface area contributed by atoms with Crippen LogP contribution in [0.3, 0.4) is 0 Å². The van der Waals surface area contributed by atoms with Gasteiger partial charge in [0, 0.05) is 29.8 Å². The van der Waals surface area contributed by atoms with E-state index >= 15 is 0 Å². The molecule has 20 heavy (non-hydrogen) atoms. The molecule has 2 N–H and O–H groups in total. The summed E-state index contributed by atoms with van der Waals surface area (Å²) < 4.78 is 7.15. The molecule has 108 valence electrons. The fourth-order valence-electron chi connectivity index (χ4n) is 1.97. The quantitative estimate of drug-likeness (QED) is 0.864. The van der Waals surface area contributed by atoms with Crippen LogP contribution in [0, 0.1) is 6.92 Å². The number of carbonyl (C=O) groups excluding carboxylic acids is 1. The summed E-state index contributed by atoms with van der Waals surface area (Å²) >= 11 is 1.34. The molecule has 6 heteroatoms. The maximum atomic E-state index is 12.3. The van der Waals surface area contributed by atoms with Gasteiger partial charge in [-0.25, -0.2) is 4.79 Å². The van der Waals surface area contributed by atoms with Crippen molar-refractivity contribution in [2.45, 2.75) is 33.3 Å². The monoisotopic (exact) mass is 293 g/mol. The second-order valence-electron chi connectivity index (χ2n) is 5.69. The first-order valence-electron chi connectivity index (χ1n) is 6.30. The highest BCUT2D eigenvalue weighted by Gasteiger charge is 2.25. The molecule has 0 bridgehead atoms. The smallest absolute Gasteiger partial charge is 0.342 e. The minimum atomic E-state index is -0.549. The fourth-order valence-corrected chi connectivity index (χ4v) is 2.78. The van der Waals surface area contributed by atoms with Crippen LogP contribution in [0.25, 0.3) is 11.1 Å². The van der Waals surface area contributed by atoms with Gasteiger partial charge in [0.25, 0.3) is 0 Å². The summed E-state index contributed by atoms with van der Waals surface area (Å²) in [5.41, 5.74) is 8.37. The van der Waals surface area contributed by atoms with Crippen molar-refractivity contribution in [1.82, 2.24) is 9.78 Å². The average Bonchev–Trinajstić information content (AvgIpc) is 2.79. The Hall–Kier alpha value is -1.82. The van der Waals surface area contributed by atoms with Crippen LogP contribution in [0.5, 0.6) is 0 Å². The number of hydrogen-bond acceptors (Lipinski definition) is 5. The van der Waals surface area contributed by atoms with Crippen molar-refractivity contribution in [3.8, 4) is 11.1 Å². The van der Waals surface area contributed by atoms with E-state index in [9.17, 15) is 4.79 Å². The Morgan fingerprint density at radius 3 is 2.55 bits per heavy atom. The Bertz CT molecular complexity index is 650. The van der Waals surface area contributed by atoms with Crippen molar-refractivity contribution >= 4 is 22.3 Å². The molecule has 0 aliphatic rings. The second kappa shape index (κ2) is 4.94. The molecule has 2 heterocycles. The lowest BCUT2D eigenvalue weighted by Gasteiger charge is -2.19. The van der Waals surface area contributed by atoms with Gasteiger partial charge in [0.2, 0.25) is 0 Å². The van der Waals surface area contributed by atoms with Crippen molar-refractivity contribution in [3.05, 3.63) is 22.8 Å². The minimum Gasteiger partial charge on any atom is -0.456 e. The van der Waals surface area contributed by atoms with Crippen LogP contribution in [-0.4, -0.2) is 21.4 Å². The molecule has 0 saturated heterocycles. The lowest BCUT2D eigenvalue weighted by Crippen LogP contribution is -2.24. The van der Waals surface area contributed by atoms with Gasteiger partial charge in [-0.15, -0.1) is 11.3 Å². The number of nitrogens with two attached hydrogens (primary N) is 1. The molecule has 0 atom stereocenters. The molecule has 2 rings (SSSR count). The molecular formula is C14H19N3O2S. The van der Waals surface area contributed by atoms with Gasteiger partial charge in [-0.1, -0.05) is 0 Å². The van der Waals surface area contributed by atoms with Crippen molar-refractivity contribution in [2.75, 3.05) is 5.73 Å². The molecule has 0 amide bonds. The second-order valence-corrected chi connectivity index (χ2v) is 6.60. The number of nitrogens with zero attached hydrogens (tertiary/aromatic N) is 2. The molecule has 0 aliphatic carbocycles. The van der Waals surface area contributed by atoms with E-state index in [1.807, 2.05) is 46.3 Å². The third-order valence-corrected chi connectivity index (χ3v) is 3.54. The van der Waals surface area contributed by atoms with Crippen LogP contribution in [0.4, 0.5) is 5.00 Å². The first-order valence-corrected chi connectivity index (χ1v) is 7.18. The number of esters is 1. The van der Waals surface area contributed by atoms with E-state index in [2.05, 4.69) is 5.10 Å². The van der Waals surface area contributed by atoms with E-state index in [1.165, 1.54) is 11.3 Å². The molecule has 0 saturated carbocycles. The molecule has 2 aromatic rings. The van der Waals surface area contributed by atoms with Gasteiger partial charge in [0.05, 0.1) is 5.69 Å². The Balaban J connectivity index is 2.48. The summed E-state index contributed by atoms with van der Waals surface area (Å²) in [6.07, 6.45) is 1.88. The zero-order chi connectivity index (χ0) is 15.1. The van der Waals surface area contributed by atoms with E-state index in [0.29, 0.717) is 10.6 Å². The largest absolute Gasteiger partial charge is 0.456 e. The van der Waals surface area contributed by atoms with Crippen molar-refractivity contribution in [1.29, 1.82) is 0 Å². The molecular weight excluding hydrogens is 274 g/mol. The van der Waals surface area contributed by atoms with E-state index < -0.39 is 11.6 Å². The number of nitrogen functional groups attached to an aromatic ring is 1. The van der Waals surface area contributed by atoms with E-state index in [0.717, 1.165) is 16.8 Å². The SMILES string of the molecule is Cc1nn(C)cc1-c1csc(N)c1C(=O)OC(C)(C)C. The third-order valence-electron chi connectivity index (χ3n) is 2.73. The molecule has 2 aromatic heterocycles. The topological polar surface area (TPSA) is 70.1 Å². The molecule has 0 radical (unpaired) electrons. The highest BCUT2D eigenvalue weighted by atomic mass is 32.1. The Labute approximate surface area is 122 Å². The molecule has 0 unspecified atom stereocenters. The maximum absolute atomic E-state index is 12.3. The van der Waals surface area contributed by atoms with Gasteiger partial charge in [-0.2, -0.15) is 5.10 Å². The lowest BCUT2D eigenvalue weighted by atomic mass is 10.0. The van der Waals surface area contributed by atoms with Gasteiger partial charge in [0.15, 0.2) is 0 Å². The van der Waals surface area contributed by atoms with Crippen LogP contribution in [0.1, 0.15) is 36.8 Å². The molecule has 0 aliphatic heterocycles. The Morgan fingerprint density at radius 2 is 2.05 bits per heavy atom. The molecule has 0 spiro atoms. The maximum Gasteiger partial charge on any atom is 0.342 e. The van der Waals surface area contributed by atoms with Crippen molar-refractivity contribution in [2.24, 2.45) is 7.05 Å². The van der Waals surface area contributed by atoms with Gasteiger partial charge >= 0.3 is 5.97 Å². The zero-order valence-corrected chi connectivity index (χ0v) is 13.2. The highest BCUT2D eigenvalue weighted by Crippen LogP contribution is 2.36. The standard InChI is InChI=1S/C14H19N3O2S/c1-8-9(6-17(5)16-8)10-7-20-12(15)11(10)13(18)19-14(2,3)4/h6-7H,15H2,1-5H3. The number of aromatic nitrogens is 2. The van der Waals surface area contributed by atoms with Crippen LogP contribution in [-0.2, 0) is 11.8 Å². The number of thiophene rings is 1. The minimum absolute atomic E-state index is 0.394. The zero-order valence-electron chi connectivity index (χ0n) is 12.4. The fraction of sp³-hybridized carbons (Fsp3) is 0.429. The number of rotatable bonds is 2.